The second-order valence-corrected chi connectivity index (χ2v) is 11.8. The topological polar surface area (TPSA) is 86.8 Å². The molecule has 0 aromatic heterocycles. The summed E-state index contributed by atoms with van der Waals surface area (Å²) in [7, 11) is -4.25. The fourth-order valence-electron chi connectivity index (χ4n) is 3.99. The molecule has 3 aromatic carbocycles. The first-order valence-corrected chi connectivity index (χ1v) is 14.5. The lowest BCUT2D eigenvalue weighted by atomic mass is 10.1. The average molecular weight is 574 g/mol. The number of halogens is 2. The zero-order chi connectivity index (χ0) is 28.6. The number of nitrogens with one attached hydrogen (secondary N) is 1. The molecule has 0 fully saturated rings. The van der Waals surface area contributed by atoms with Crippen molar-refractivity contribution in [1.82, 2.24) is 10.2 Å². The van der Waals surface area contributed by atoms with E-state index in [1.54, 1.807) is 61.5 Å². The Morgan fingerprint density at radius 2 is 1.56 bits per heavy atom. The van der Waals surface area contributed by atoms with Crippen LogP contribution in [0.2, 0.25) is 5.02 Å². The van der Waals surface area contributed by atoms with Crippen LogP contribution < -0.4 is 9.62 Å². The monoisotopic (exact) mass is 573 g/mol. The standard InChI is InChI=1S/C29H33ClFN3O4S/c1-4-27(29(36)32-18-21(2)3)33(19-22-10-12-23(30)13-11-22)28(35)20-34(25-8-6-5-7-9-25)39(37,38)26-16-14-24(31)15-17-26/h5-17,21,27H,4,18-20H2,1-3H3,(H,32,36). The lowest BCUT2D eigenvalue weighted by molar-refractivity contribution is -0.140. The number of benzene rings is 3. The van der Waals surface area contributed by atoms with Gasteiger partial charge in [0.1, 0.15) is 18.4 Å². The molecule has 0 saturated carbocycles. The molecule has 0 aliphatic carbocycles. The van der Waals surface area contributed by atoms with Crippen molar-refractivity contribution in [3.63, 3.8) is 0 Å². The number of carbonyl (C=O) groups is 2. The van der Waals surface area contributed by atoms with Crippen molar-refractivity contribution in [2.75, 3.05) is 17.4 Å². The fraction of sp³-hybridized carbons (Fsp3) is 0.310. The highest BCUT2D eigenvalue weighted by Crippen LogP contribution is 2.25. The van der Waals surface area contributed by atoms with Crippen LogP contribution in [0.15, 0.2) is 83.8 Å². The van der Waals surface area contributed by atoms with Crippen LogP contribution in [0.4, 0.5) is 10.1 Å². The van der Waals surface area contributed by atoms with Gasteiger partial charge in [0.05, 0.1) is 10.6 Å². The van der Waals surface area contributed by atoms with Crippen molar-refractivity contribution in [2.24, 2.45) is 5.92 Å². The van der Waals surface area contributed by atoms with Gasteiger partial charge >= 0.3 is 0 Å². The number of hydrogen-bond acceptors (Lipinski definition) is 4. The lowest BCUT2D eigenvalue weighted by Crippen LogP contribution is -2.52. The Labute approximate surface area is 234 Å². The highest BCUT2D eigenvalue weighted by molar-refractivity contribution is 7.92. The Kier molecular flexibility index (Phi) is 10.5. The molecule has 0 spiro atoms. The predicted molar refractivity (Wildman–Crippen MR) is 151 cm³/mol. The summed E-state index contributed by atoms with van der Waals surface area (Å²) in [4.78, 5) is 28.3. The summed E-state index contributed by atoms with van der Waals surface area (Å²) in [6.45, 7) is 5.68. The van der Waals surface area contributed by atoms with Crippen LogP contribution in [0, 0.1) is 11.7 Å². The maximum Gasteiger partial charge on any atom is 0.264 e. The van der Waals surface area contributed by atoms with Gasteiger partial charge < -0.3 is 10.2 Å². The summed E-state index contributed by atoms with van der Waals surface area (Å²) in [5.41, 5.74) is 0.995. The van der Waals surface area contributed by atoms with E-state index in [1.165, 1.54) is 4.90 Å². The fourth-order valence-corrected chi connectivity index (χ4v) is 5.53. The van der Waals surface area contributed by atoms with Crippen molar-refractivity contribution in [3.8, 4) is 0 Å². The molecule has 7 nitrogen and oxygen atoms in total. The minimum Gasteiger partial charge on any atom is -0.354 e. The van der Waals surface area contributed by atoms with E-state index < -0.39 is 34.3 Å². The van der Waals surface area contributed by atoms with E-state index in [2.05, 4.69) is 5.32 Å². The summed E-state index contributed by atoms with van der Waals surface area (Å²) in [5.74, 6) is -1.25. The smallest absolute Gasteiger partial charge is 0.264 e. The highest BCUT2D eigenvalue weighted by atomic mass is 35.5. The molecule has 208 valence electrons. The molecule has 0 radical (unpaired) electrons. The summed E-state index contributed by atoms with van der Waals surface area (Å²) in [6, 6.07) is 18.7. The van der Waals surface area contributed by atoms with Crippen LogP contribution in [0.5, 0.6) is 0 Å². The van der Waals surface area contributed by atoms with Crippen LogP contribution in [0.3, 0.4) is 0 Å². The molecule has 1 unspecified atom stereocenters. The van der Waals surface area contributed by atoms with E-state index in [-0.39, 0.29) is 29.0 Å². The summed E-state index contributed by atoms with van der Waals surface area (Å²) in [5, 5.41) is 3.42. The second kappa shape index (κ2) is 13.6. The summed E-state index contributed by atoms with van der Waals surface area (Å²) < 4.78 is 41.9. The number of sulfonamides is 1. The first-order valence-electron chi connectivity index (χ1n) is 12.7. The molecule has 1 atom stereocenters. The SMILES string of the molecule is CCC(C(=O)NCC(C)C)N(Cc1ccc(Cl)cc1)C(=O)CN(c1ccccc1)S(=O)(=O)c1ccc(F)cc1. The molecule has 0 aliphatic heterocycles. The number of hydrogen-bond donors (Lipinski definition) is 1. The first-order chi connectivity index (χ1) is 18.5. The molecule has 3 rings (SSSR count). The van der Waals surface area contributed by atoms with Crippen molar-refractivity contribution >= 4 is 39.1 Å². The van der Waals surface area contributed by atoms with E-state index in [1.807, 2.05) is 13.8 Å². The third-order valence-electron chi connectivity index (χ3n) is 6.06. The normalized spacial score (nSPS) is 12.2. The van der Waals surface area contributed by atoms with Crippen LogP contribution in [0.1, 0.15) is 32.8 Å². The van der Waals surface area contributed by atoms with Gasteiger partial charge in [-0.3, -0.25) is 13.9 Å². The molecular formula is C29H33ClFN3O4S. The van der Waals surface area contributed by atoms with Crippen molar-refractivity contribution < 1.29 is 22.4 Å². The number of carbonyl (C=O) groups excluding carboxylic acids is 2. The molecule has 3 aromatic rings. The molecule has 0 bridgehead atoms. The molecule has 1 N–H and O–H groups in total. The van der Waals surface area contributed by atoms with Gasteiger partial charge in [0.25, 0.3) is 10.0 Å². The third kappa shape index (κ3) is 8.03. The van der Waals surface area contributed by atoms with Crippen molar-refractivity contribution in [3.05, 3.63) is 95.3 Å². The van der Waals surface area contributed by atoms with Gasteiger partial charge in [-0.05, 0) is 66.4 Å². The largest absolute Gasteiger partial charge is 0.354 e. The molecule has 0 heterocycles. The molecular weight excluding hydrogens is 541 g/mol. The lowest BCUT2D eigenvalue weighted by Gasteiger charge is -2.33. The van der Waals surface area contributed by atoms with E-state index in [9.17, 15) is 22.4 Å². The Balaban J connectivity index is 2.01. The van der Waals surface area contributed by atoms with E-state index in [0.29, 0.717) is 18.0 Å². The number of nitrogens with zero attached hydrogens (tertiary/aromatic N) is 2. The van der Waals surface area contributed by atoms with Crippen LogP contribution in [-0.2, 0) is 26.2 Å². The Bertz CT molecular complexity index is 1350. The Hall–Kier alpha value is -3.43. The van der Waals surface area contributed by atoms with Crippen molar-refractivity contribution in [1.29, 1.82) is 0 Å². The molecule has 2 amide bonds. The maximum atomic E-state index is 13.9. The van der Waals surface area contributed by atoms with Gasteiger partial charge in [0.2, 0.25) is 11.8 Å². The van der Waals surface area contributed by atoms with Gasteiger partial charge in [0.15, 0.2) is 0 Å². The van der Waals surface area contributed by atoms with Crippen LogP contribution in [0.25, 0.3) is 0 Å². The average Bonchev–Trinajstić information content (AvgIpc) is 2.92. The zero-order valence-corrected chi connectivity index (χ0v) is 23.8. The Morgan fingerprint density at radius 1 is 0.949 bits per heavy atom. The summed E-state index contributed by atoms with van der Waals surface area (Å²) in [6.07, 6.45) is 0.319. The van der Waals surface area contributed by atoms with Gasteiger partial charge in [0, 0.05) is 18.1 Å². The summed E-state index contributed by atoms with van der Waals surface area (Å²) >= 11 is 6.04. The first kappa shape index (κ1) is 30.1. The third-order valence-corrected chi connectivity index (χ3v) is 8.10. The minimum atomic E-state index is -4.25. The maximum absolute atomic E-state index is 13.9. The second-order valence-electron chi connectivity index (χ2n) is 9.51. The number of amides is 2. The molecule has 0 aliphatic rings. The van der Waals surface area contributed by atoms with Gasteiger partial charge in [-0.2, -0.15) is 0 Å². The van der Waals surface area contributed by atoms with E-state index in [4.69, 9.17) is 11.6 Å². The van der Waals surface area contributed by atoms with Gasteiger partial charge in [-0.1, -0.05) is 62.7 Å². The molecule has 39 heavy (non-hydrogen) atoms. The van der Waals surface area contributed by atoms with Crippen molar-refractivity contribution in [2.45, 2.75) is 44.7 Å². The highest BCUT2D eigenvalue weighted by Gasteiger charge is 2.33. The van der Waals surface area contributed by atoms with Gasteiger partial charge in [-0.15, -0.1) is 0 Å². The minimum absolute atomic E-state index is 0.0723. The molecule has 10 heteroatoms. The zero-order valence-electron chi connectivity index (χ0n) is 22.2. The molecule has 0 saturated heterocycles. The number of para-hydroxylation sites is 1. The number of rotatable bonds is 12. The van der Waals surface area contributed by atoms with Gasteiger partial charge in [-0.25, -0.2) is 12.8 Å². The Morgan fingerprint density at radius 3 is 2.13 bits per heavy atom. The van der Waals surface area contributed by atoms with E-state index >= 15 is 0 Å². The quantitative estimate of drug-likeness (QED) is 0.320. The van der Waals surface area contributed by atoms with Crippen LogP contribution in [-0.4, -0.2) is 44.3 Å². The predicted octanol–water partition coefficient (Wildman–Crippen LogP) is 5.25. The number of anilines is 1. The van der Waals surface area contributed by atoms with Crippen LogP contribution >= 0.6 is 11.6 Å². The van der Waals surface area contributed by atoms with E-state index in [0.717, 1.165) is 34.1 Å².